The normalized spacial score (nSPS) is 14.6. The van der Waals surface area contributed by atoms with E-state index in [0.717, 1.165) is 108 Å². The lowest BCUT2D eigenvalue weighted by Crippen LogP contribution is -2.30. The van der Waals surface area contributed by atoms with Crippen molar-refractivity contribution < 1.29 is 80.2 Å². The van der Waals surface area contributed by atoms with Crippen LogP contribution in [0.15, 0.2) is 0 Å². The van der Waals surface area contributed by atoms with Crippen LogP contribution in [0.25, 0.3) is 0 Å². The van der Waals surface area contributed by atoms with E-state index in [4.69, 9.17) is 37.0 Å². The highest BCUT2D eigenvalue weighted by Gasteiger charge is 2.30. The van der Waals surface area contributed by atoms with Gasteiger partial charge in [-0.25, -0.2) is 9.13 Å². The molecule has 87 heavy (non-hydrogen) atoms. The molecule has 0 aliphatic heterocycles. The third-order valence-corrected chi connectivity index (χ3v) is 17.9. The van der Waals surface area contributed by atoms with Crippen LogP contribution in [0, 0.1) is 17.8 Å². The summed E-state index contributed by atoms with van der Waals surface area (Å²) in [7, 11) is -9.90. The van der Waals surface area contributed by atoms with Gasteiger partial charge in [0.05, 0.1) is 26.4 Å². The van der Waals surface area contributed by atoms with E-state index in [1.54, 1.807) is 0 Å². The molecular weight excluding hydrogens is 1150 g/mol. The maximum atomic E-state index is 13.0. The van der Waals surface area contributed by atoms with Gasteiger partial charge >= 0.3 is 39.5 Å². The molecule has 0 aromatic heterocycles. The molecule has 516 valence electrons. The standard InChI is InChI=1S/C68H132O17P2/c1-8-10-11-12-13-14-15-18-21-28-37-44-51-67(72)85-64(56-79-66(71)50-43-36-31-30-33-40-47-60(5)6)58-83-87(76,77)81-54-62(69)53-80-86(74,75)82-57-63(55-78-65(70)49-42-35-27-24-23-26-34-41-48-61(7)9-2)84-68(73)52-45-38-29-22-19-16-17-20-25-32-39-46-59(3)4/h59-64,69H,8-58H2,1-7H3,(H,74,75)(H,76,77)/t61?,62-,63-,64-/m1/s1. The average molecular weight is 1280 g/mol. The van der Waals surface area contributed by atoms with Gasteiger partial charge < -0.3 is 33.8 Å². The van der Waals surface area contributed by atoms with E-state index in [1.165, 1.54) is 141 Å². The molecule has 6 atom stereocenters. The molecule has 0 aliphatic rings. The first-order valence-electron chi connectivity index (χ1n) is 35.4. The highest BCUT2D eigenvalue weighted by atomic mass is 31.2. The van der Waals surface area contributed by atoms with Gasteiger partial charge in [-0.1, -0.05) is 286 Å². The first kappa shape index (κ1) is 85.1. The quantitative estimate of drug-likeness (QED) is 0.0222. The molecule has 0 heterocycles. The highest BCUT2D eigenvalue weighted by molar-refractivity contribution is 7.47. The van der Waals surface area contributed by atoms with Crippen molar-refractivity contribution in [2.45, 2.75) is 356 Å². The van der Waals surface area contributed by atoms with Gasteiger partial charge in [0.1, 0.15) is 19.3 Å². The smallest absolute Gasteiger partial charge is 0.462 e. The summed E-state index contributed by atoms with van der Waals surface area (Å²) in [6.45, 7) is 11.8. The molecule has 0 fully saturated rings. The summed E-state index contributed by atoms with van der Waals surface area (Å²) in [6, 6.07) is 0. The zero-order valence-electron chi connectivity index (χ0n) is 56.5. The lowest BCUT2D eigenvalue weighted by Gasteiger charge is -2.21. The number of phosphoric ester groups is 2. The van der Waals surface area contributed by atoms with Crippen LogP contribution in [-0.4, -0.2) is 96.7 Å². The van der Waals surface area contributed by atoms with E-state index in [-0.39, 0.29) is 25.7 Å². The molecule has 0 aromatic carbocycles. The number of unbranched alkanes of at least 4 members (excludes halogenated alkanes) is 33. The summed E-state index contributed by atoms with van der Waals surface area (Å²) in [6.07, 6.45) is 41.7. The average Bonchev–Trinajstić information content (AvgIpc) is 3.68. The van der Waals surface area contributed by atoms with Gasteiger partial charge in [0.2, 0.25) is 0 Å². The Balaban J connectivity index is 5.26. The van der Waals surface area contributed by atoms with Gasteiger partial charge in [-0.05, 0) is 43.4 Å². The lowest BCUT2D eigenvalue weighted by atomic mass is 9.99. The highest BCUT2D eigenvalue weighted by Crippen LogP contribution is 2.45. The van der Waals surface area contributed by atoms with Gasteiger partial charge in [-0.3, -0.25) is 37.3 Å². The second-order valence-electron chi connectivity index (χ2n) is 25.8. The van der Waals surface area contributed by atoms with Gasteiger partial charge in [0, 0.05) is 25.7 Å². The number of hydrogen-bond donors (Lipinski definition) is 3. The van der Waals surface area contributed by atoms with Crippen molar-refractivity contribution in [3.63, 3.8) is 0 Å². The molecule has 0 rings (SSSR count). The minimum absolute atomic E-state index is 0.106. The number of carbonyl (C=O) groups is 4. The van der Waals surface area contributed by atoms with E-state index < -0.39 is 97.5 Å². The molecule has 3 N–H and O–H groups in total. The van der Waals surface area contributed by atoms with E-state index in [1.807, 2.05) is 0 Å². The Morgan fingerprint density at radius 2 is 0.586 bits per heavy atom. The van der Waals surface area contributed by atoms with Gasteiger partial charge in [0.25, 0.3) is 0 Å². The Labute approximate surface area is 530 Å². The Bertz CT molecular complexity index is 1720. The number of esters is 4. The van der Waals surface area contributed by atoms with Crippen molar-refractivity contribution in [2.24, 2.45) is 17.8 Å². The van der Waals surface area contributed by atoms with Gasteiger partial charge in [0.15, 0.2) is 12.2 Å². The van der Waals surface area contributed by atoms with Crippen molar-refractivity contribution >= 4 is 39.5 Å². The van der Waals surface area contributed by atoms with E-state index in [0.29, 0.717) is 31.6 Å². The maximum absolute atomic E-state index is 13.0. The molecular formula is C68H132O17P2. The number of aliphatic hydroxyl groups excluding tert-OH is 1. The maximum Gasteiger partial charge on any atom is 0.472 e. The summed E-state index contributed by atoms with van der Waals surface area (Å²) >= 11 is 0. The second-order valence-corrected chi connectivity index (χ2v) is 28.7. The fraction of sp³-hybridized carbons (Fsp3) is 0.941. The van der Waals surface area contributed by atoms with E-state index in [9.17, 15) is 43.2 Å². The van der Waals surface area contributed by atoms with Crippen LogP contribution in [0.1, 0.15) is 337 Å². The van der Waals surface area contributed by atoms with Gasteiger partial charge in [-0.15, -0.1) is 0 Å². The first-order valence-corrected chi connectivity index (χ1v) is 38.4. The molecule has 19 heteroatoms. The fourth-order valence-electron chi connectivity index (χ4n) is 10.2. The molecule has 0 radical (unpaired) electrons. The second kappa shape index (κ2) is 59.1. The van der Waals surface area contributed by atoms with Crippen molar-refractivity contribution in [3.05, 3.63) is 0 Å². The number of aliphatic hydroxyl groups is 1. The Kier molecular flexibility index (Phi) is 57.8. The zero-order chi connectivity index (χ0) is 64.5. The summed E-state index contributed by atoms with van der Waals surface area (Å²) in [5, 5.41) is 10.6. The molecule has 0 aliphatic carbocycles. The summed E-state index contributed by atoms with van der Waals surface area (Å²) < 4.78 is 68.2. The number of rotatable bonds is 66. The number of phosphoric acid groups is 2. The van der Waals surface area contributed by atoms with Crippen LogP contribution in [0.2, 0.25) is 0 Å². The first-order chi connectivity index (χ1) is 41.8. The van der Waals surface area contributed by atoms with Crippen LogP contribution in [0.4, 0.5) is 0 Å². The lowest BCUT2D eigenvalue weighted by molar-refractivity contribution is -0.161. The Morgan fingerprint density at radius 3 is 0.874 bits per heavy atom. The van der Waals surface area contributed by atoms with Crippen LogP contribution >= 0.6 is 15.6 Å². The van der Waals surface area contributed by atoms with Crippen molar-refractivity contribution in [3.8, 4) is 0 Å². The van der Waals surface area contributed by atoms with E-state index in [2.05, 4.69) is 48.5 Å². The SMILES string of the molecule is CCCCCCCCCCCCCCC(=O)O[C@H](COC(=O)CCCCCCCCC(C)C)COP(=O)(O)OC[C@H](O)COP(=O)(O)OC[C@@H](COC(=O)CCCCCCCCCCC(C)CC)OC(=O)CCCCCCCCCCCCCC(C)C. The molecule has 0 amide bonds. The summed E-state index contributed by atoms with van der Waals surface area (Å²) in [5.74, 6) is 0.0922. The van der Waals surface area contributed by atoms with Crippen LogP contribution < -0.4 is 0 Å². The largest absolute Gasteiger partial charge is 0.472 e. The van der Waals surface area contributed by atoms with E-state index >= 15 is 0 Å². The van der Waals surface area contributed by atoms with Crippen molar-refractivity contribution in [1.82, 2.24) is 0 Å². The minimum atomic E-state index is -4.95. The topological polar surface area (TPSA) is 237 Å². The Hall–Kier alpha value is -1.94. The predicted octanol–water partition coefficient (Wildman–Crippen LogP) is 19.1. The Morgan fingerprint density at radius 1 is 0.333 bits per heavy atom. The third-order valence-electron chi connectivity index (χ3n) is 16.0. The van der Waals surface area contributed by atoms with Crippen molar-refractivity contribution in [2.75, 3.05) is 39.6 Å². The number of carbonyl (C=O) groups excluding carboxylic acids is 4. The zero-order valence-corrected chi connectivity index (χ0v) is 58.3. The summed E-state index contributed by atoms with van der Waals surface area (Å²) in [5.41, 5.74) is 0. The molecule has 0 saturated carbocycles. The predicted molar refractivity (Wildman–Crippen MR) is 349 cm³/mol. The monoisotopic (exact) mass is 1280 g/mol. The third kappa shape index (κ3) is 61.3. The van der Waals surface area contributed by atoms with Crippen LogP contribution in [-0.2, 0) is 65.4 Å². The van der Waals surface area contributed by atoms with Crippen LogP contribution in [0.5, 0.6) is 0 Å². The molecule has 0 spiro atoms. The van der Waals surface area contributed by atoms with Gasteiger partial charge in [-0.2, -0.15) is 0 Å². The number of ether oxygens (including phenoxy) is 4. The molecule has 0 saturated heterocycles. The molecule has 0 bridgehead atoms. The van der Waals surface area contributed by atoms with Crippen molar-refractivity contribution in [1.29, 1.82) is 0 Å². The molecule has 0 aromatic rings. The van der Waals surface area contributed by atoms with Crippen LogP contribution in [0.3, 0.4) is 0 Å². The molecule has 3 unspecified atom stereocenters. The fourth-order valence-corrected chi connectivity index (χ4v) is 11.7. The summed E-state index contributed by atoms with van der Waals surface area (Å²) in [4.78, 5) is 72.4. The minimum Gasteiger partial charge on any atom is -0.462 e. The number of hydrogen-bond acceptors (Lipinski definition) is 15. The molecule has 17 nitrogen and oxygen atoms in total.